The molecule has 3 aromatic rings. The van der Waals surface area contributed by atoms with E-state index >= 15 is 0 Å². The van der Waals surface area contributed by atoms with E-state index in [2.05, 4.69) is 21.7 Å². The Morgan fingerprint density at radius 1 is 1.20 bits per heavy atom. The van der Waals surface area contributed by atoms with Crippen LogP contribution in [0.3, 0.4) is 0 Å². The maximum Gasteiger partial charge on any atom is 0.240 e. The van der Waals surface area contributed by atoms with Crippen LogP contribution in [0.4, 0.5) is 0 Å². The molecule has 0 aliphatic heterocycles. The van der Waals surface area contributed by atoms with Crippen molar-refractivity contribution in [3.05, 3.63) is 53.4 Å². The number of nitrogens with zero attached hydrogens (tertiary/aromatic N) is 4. The van der Waals surface area contributed by atoms with Crippen molar-refractivity contribution in [2.75, 3.05) is 14.1 Å². The third kappa shape index (κ3) is 3.77. The first-order valence-electron chi connectivity index (χ1n) is 8.01. The van der Waals surface area contributed by atoms with Gasteiger partial charge in [0.15, 0.2) is 11.0 Å². The maximum atomic E-state index is 12.7. The second-order valence-electron chi connectivity index (χ2n) is 5.67. The molecule has 1 atom stereocenters. The van der Waals surface area contributed by atoms with Crippen LogP contribution >= 0.6 is 23.1 Å². The fourth-order valence-corrected chi connectivity index (χ4v) is 4.44. The predicted octanol–water partition coefficient (Wildman–Crippen LogP) is 3.95. The van der Waals surface area contributed by atoms with Gasteiger partial charge >= 0.3 is 0 Å². The lowest BCUT2D eigenvalue weighted by Crippen LogP contribution is -2.27. The number of carbonyl (C=O) groups is 1. The van der Waals surface area contributed by atoms with Crippen molar-refractivity contribution >= 4 is 29.0 Å². The Balaban J connectivity index is 1.96. The second kappa shape index (κ2) is 7.84. The van der Waals surface area contributed by atoms with E-state index < -0.39 is 0 Å². The molecule has 2 heterocycles. The Morgan fingerprint density at radius 2 is 1.96 bits per heavy atom. The molecular formula is C18H20N4OS2. The second-order valence-corrected chi connectivity index (χ2v) is 7.69. The Kier molecular flexibility index (Phi) is 5.55. The number of amides is 1. The number of rotatable bonds is 6. The average Bonchev–Trinajstić information content (AvgIpc) is 3.28. The molecule has 1 amide bonds. The van der Waals surface area contributed by atoms with Crippen molar-refractivity contribution in [2.24, 2.45) is 0 Å². The summed E-state index contributed by atoms with van der Waals surface area (Å²) in [6, 6.07) is 13.9. The van der Waals surface area contributed by atoms with E-state index in [9.17, 15) is 4.79 Å². The van der Waals surface area contributed by atoms with Crippen molar-refractivity contribution in [3.63, 3.8) is 0 Å². The molecule has 1 unspecified atom stereocenters. The number of hydrogen-bond donors (Lipinski definition) is 0. The minimum atomic E-state index is -0.345. The lowest BCUT2D eigenvalue weighted by Gasteiger charge is -2.20. The third-order valence-electron chi connectivity index (χ3n) is 3.77. The molecule has 0 fully saturated rings. The molecule has 0 saturated carbocycles. The summed E-state index contributed by atoms with van der Waals surface area (Å²) in [5, 5.41) is 11.2. The van der Waals surface area contributed by atoms with Crippen LogP contribution in [0.25, 0.3) is 10.7 Å². The molecule has 130 valence electrons. The summed E-state index contributed by atoms with van der Waals surface area (Å²) in [5.74, 6) is 0.892. The van der Waals surface area contributed by atoms with Gasteiger partial charge < -0.3 is 9.47 Å². The van der Waals surface area contributed by atoms with Crippen molar-refractivity contribution in [1.29, 1.82) is 0 Å². The van der Waals surface area contributed by atoms with Crippen LogP contribution in [-0.4, -0.2) is 39.7 Å². The van der Waals surface area contributed by atoms with Gasteiger partial charge in [0, 0.05) is 20.6 Å². The topological polar surface area (TPSA) is 51.0 Å². The van der Waals surface area contributed by atoms with Gasteiger partial charge in [-0.1, -0.05) is 48.2 Å². The van der Waals surface area contributed by atoms with Gasteiger partial charge in [0.05, 0.1) is 4.88 Å². The molecule has 7 heteroatoms. The molecule has 0 aliphatic carbocycles. The summed E-state index contributed by atoms with van der Waals surface area (Å²) >= 11 is 3.09. The van der Waals surface area contributed by atoms with Crippen molar-refractivity contribution in [2.45, 2.75) is 23.9 Å². The highest BCUT2D eigenvalue weighted by molar-refractivity contribution is 8.00. The minimum Gasteiger partial charge on any atom is -0.348 e. The zero-order valence-electron chi connectivity index (χ0n) is 14.4. The van der Waals surface area contributed by atoms with Gasteiger partial charge in [-0.05, 0) is 23.9 Å². The Morgan fingerprint density at radius 3 is 2.56 bits per heavy atom. The Labute approximate surface area is 155 Å². The first-order valence-corrected chi connectivity index (χ1v) is 9.77. The van der Waals surface area contributed by atoms with Gasteiger partial charge in [-0.2, -0.15) is 0 Å². The van der Waals surface area contributed by atoms with Gasteiger partial charge in [0.1, 0.15) is 5.25 Å². The normalized spacial score (nSPS) is 12.1. The molecule has 3 rings (SSSR count). The molecule has 2 aromatic heterocycles. The fourth-order valence-electron chi connectivity index (χ4n) is 2.48. The molecule has 0 N–H and O–H groups in total. The van der Waals surface area contributed by atoms with Crippen LogP contribution in [0.1, 0.15) is 17.7 Å². The summed E-state index contributed by atoms with van der Waals surface area (Å²) in [6.07, 6.45) is 0. The van der Waals surface area contributed by atoms with E-state index in [1.54, 1.807) is 30.3 Å². The molecule has 0 spiro atoms. The molecule has 5 nitrogen and oxygen atoms in total. The van der Waals surface area contributed by atoms with Gasteiger partial charge in [0.2, 0.25) is 5.91 Å². The average molecular weight is 373 g/mol. The lowest BCUT2D eigenvalue weighted by atomic mass is 10.1. The zero-order valence-corrected chi connectivity index (χ0v) is 16.0. The maximum absolute atomic E-state index is 12.7. The van der Waals surface area contributed by atoms with E-state index in [0.29, 0.717) is 0 Å². The van der Waals surface area contributed by atoms with Crippen LogP contribution < -0.4 is 0 Å². The molecule has 0 radical (unpaired) electrons. The minimum absolute atomic E-state index is 0.0412. The largest absolute Gasteiger partial charge is 0.348 e. The lowest BCUT2D eigenvalue weighted by molar-refractivity contribution is -0.128. The summed E-state index contributed by atoms with van der Waals surface area (Å²) < 4.78 is 2.06. The Bertz CT molecular complexity index is 828. The summed E-state index contributed by atoms with van der Waals surface area (Å²) in [6.45, 7) is 2.82. The SMILES string of the molecule is CCn1c(SC(C(=O)N(C)C)c2ccccc2)nnc1-c1cccs1. The van der Waals surface area contributed by atoms with E-state index in [1.807, 2.05) is 47.8 Å². The van der Waals surface area contributed by atoms with E-state index in [0.717, 1.165) is 28.0 Å². The van der Waals surface area contributed by atoms with Gasteiger partial charge in [0.25, 0.3) is 0 Å². The third-order valence-corrected chi connectivity index (χ3v) is 5.85. The van der Waals surface area contributed by atoms with Crippen LogP contribution in [0, 0.1) is 0 Å². The monoisotopic (exact) mass is 372 g/mol. The van der Waals surface area contributed by atoms with Gasteiger partial charge in [-0.25, -0.2) is 0 Å². The molecule has 1 aromatic carbocycles. The van der Waals surface area contributed by atoms with Crippen LogP contribution in [0.5, 0.6) is 0 Å². The number of thioether (sulfide) groups is 1. The predicted molar refractivity (Wildman–Crippen MR) is 103 cm³/mol. The zero-order chi connectivity index (χ0) is 17.8. The Hall–Kier alpha value is -2.12. The van der Waals surface area contributed by atoms with E-state index in [1.165, 1.54) is 11.8 Å². The standard InChI is InChI=1S/C18H20N4OS2/c1-4-22-16(14-11-8-12-24-14)19-20-18(22)25-15(17(23)21(2)3)13-9-6-5-7-10-13/h5-12,15H,4H2,1-3H3. The smallest absolute Gasteiger partial charge is 0.240 e. The van der Waals surface area contributed by atoms with E-state index in [-0.39, 0.29) is 11.2 Å². The van der Waals surface area contributed by atoms with E-state index in [4.69, 9.17) is 0 Å². The summed E-state index contributed by atoms with van der Waals surface area (Å²) in [7, 11) is 3.56. The number of benzene rings is 1. The van der Waals surface area contributed by atoms with Crippen molar-refractivity contribution in [3.8, 4) is 10.7 Å². The highest BCUT2D eigenvalue weighted by Crippen LogP contribution is 2.37. The van der Waals surface area contributed by atoms with Gasteiger partial charge in [-0.15, -0.1) is 21.5 Å². The first kappa shape index (κ1) is 17.7. The molecule has 25 heavy (non-hydrogen) atoms. The number of carbonyl (C=O) groups excluding carboxylic acids is 1. The summed E-state index contributed by atoms with van der Waals surface area (Å²) in [5.41, 5.74) is 0.967. The fraction of sp³-hybridized carbons (Fsp3) is 0.278. The van der Waals surface area contributed by atoms with Crippen molar-refractivity contribution in [1.82, 2.24) is 19.7 Å². The number of thiophene rings is 1. The highest BCUT2D eigenvalue weighted by atomic mass is 32.2. The molecule has 0 aliphatic rings. The quantitative estimate of drug-likeness (QED) is 0.615. The molecule has 0 bridgehead atoms. The highest BCUT2D eigenvalue weighted by Gasteiger charge is 2.26. The molecule has 0 saturated heterocycles. The van der Waals surface area contributed by atoms with Crippen LogP contribution in [-0.2, 0) is 11.3 Å². The number of likely N-dealkylation sites (N-methyl/N-ethyl adjacent to an activating group) is 1. The number of hydrogen-bond acceptors (Lipinski definition) is 5. The van der Waals surface area contributed by atoms with Crippen LogP contribution in [0.2, 0.25) is 0 Å². The van der Waals surface area contributed by atoms with Crippen LogP contribution in [0.15, 0.2) is 53.0 Å². The number of aromatic nitrogens is 3. The first-order chi connectivity index (χ1) is 12.1. The molecular weight excluding hydrogens is 352 g/mol. The van der Waals surface area contributed by atoms with Gasteiger partial charge in [-0.3, -0.25) is 4.79 Å². The summed E-state index contributed by atoms with van der Waals surface area (Å²) in [4.78, 5) is 15.4. The van der Waals surface area contributed by atoms with Crippen molar-refractivity contribution < 1.29 is 4.79 Å².